The van der Waals surface area contributed by atoms with Gasteiger partial charge < -0.3 is 14.8 Å². The van der Waals surface area contributed by atoms with E-state index in [1.165, 1.54) is 24.3 Å². The van der Waals surface area contributed by atoms with Crippen LogP contribution in [0.5, 0.6) is 0 Å². The van der Waals surface area contributed by atoms with Crippen molar-refractivity contribution < 1.29 is 19.2 Å². The first kappa shape index (κ1) is 21.3. The van der Waals surface area contributed by atoms with Gasteiger partial charge in [-0.1, -0.05) is 6.07 Å². The molecule has 2 N–H and O–H groups in total. The summed E-state index contributed by atoms with van der Waals surface area (Å²) < 4.78 is 6.99. The van der Waals surface area contributed by atoms with E-state index in [0.717, 1.165) is 22.0 Å². The Kier molecular flexibility index (Phi) is 5.50. The Labute approximate surface area is 183 Å². The second-order valence-corrected chi connectivity index (χ2v) is 8.19. The molecule has 0 bridgehead atoms. The Morgan fingerprint density at radius 3 is 2.78 bits per heavy atom. The summed E-state index contributed by atoms with van der Waals surface area (Å²) in [6, 6.07) is 10.9. The number of hydrogen-bond acceptors (Lipinski definition) is 6. The Morgan fingerprint density at radius 2 is 2.09 bits per heavy atom. The number of rotatable bonds is 7. The highest BCUT2D eigenvalue weighted by atomic mass is 16.6. The average molecular weight is 434 g/mol. The predicted octanol–water partition coefficient (Wildman–Crippen LogP) is 4.62. The largest absolute Gasteiger partial charge is 0.472 e. The molecule has 9 heteroatoms. The van der Waals surface area contributed by atoms with Crippen LogP contribution in [0.2, 0.25) is 0 Å². The van der Waals surface area contributed by atoms with Crippen molar-refractivity contribution in [3.05, 3.63) is 76.9 Å². The van der Waals surface area contributed by atoms with Crippen LogP contribution in [-0.4, -0.2) is 31.3 Å². The maximum absolute atomic E-state index is 12.7. The number of benzene rings is 2. The molecule has 164 valence electrons. The summed E-state index contributed by atoms with van der Waals surface area (Å²) in [5.74, 6) is -0.458. The number of nitro groups is 1. The van der Waals surface area contributed by atoms with E-state index in [9.17, 15) is 20.0 Å². The molecule has 4 aromatic rings. The first-order chi connectivity index (χ1) is 15.2. The molecule has 0 unspecified atom stereocenters. The van der Waals surface area contributed by atoms with Gasteiger partial charge in [0.05, 0.1) is 23.1 Å². The average Bonchev–Trinajstić information content (AvgIpc) is 3.41. The minimum Gasteiger partial charge on any atom is -0.472 e. The van der Waals surface area contributed by atoms with Gasteiger partial charge in [0.1, 0.15) is 5.52 Å². The molecule has 32 heavy (non-hydrogen) atoms. The van der Waals surface area contributed by atoms with Gasteiger partial charge in [0, 0.05) is 52.6 Å². The van der Waals surface area contributed by atoms with Crippen LogP contribution < -0.4 is 5.32 Å². The van der Waals surface area contributed by atoms with Crippen LogP contribution in [0.1, 0.15) is 30.6 Å². The molecule has 2 aromatic carbocycles. The van der Waals surface area contributed by atoms with Crippen LogP contribution in [0.3, 0.4) is 0 Å². The number of aromatic nitrogens is 2. The topological polar surface area (TPSA) is 123 Å². The van der Waals surface area contributed by atoms with Gasteiger partial charge in [-0.05, 0) is 44.5 Å². The van der Waals surface area contributed by atoms with Crippen LogP contribution in [-0.2, 0) is 6.54 Å². The summed E-state index contributed by atoms with van der Waals surface area (Å²) in [6.07, 6.45) is 5.53. The van der Waals surface area contributed by atoms with Crippen molar-refractivity contribution in [2.24, 2.45) is 0 Å². The molecular formula is C23H22N4O5. The highest BCUT2D eigenvalue weighted by Gasteiger charge is 2.17. The summed E-state index contributed by atoms with van der Waals surface area (Å²) in [5, 5.41) is 29.3. The van der Waals surface area contributed by atoms with Gasteiger partial charge in [-0.2, -0.15) is 5.10 Å². The number of furan rings is 1. The van der Waals surface area contributed by atoms with E-state index in [-0.39, 0.29) is 11.3 Å². The van der Waals surface area contributed by atoms with Crippen molar-refractivity contribution in [3.63, 3.8) is 0 Å². The number of carbonyl (C=O) groups is 1. The maximum Gasteiger partial charge on any atom is 0.270 e. The van der Waals surface area contributed by atoms with E-state index in [0.29, 0.717) is 18.7 Å². The van der Waals surface area contributed by atoms with Crippen molar-refractivity contribution in [1.82, 2.24) is 9.78 Å². The lowest BCUT2D eigenvalue weighted by Crippen LogP contribution is -2.21. The Balaban J connectivity index is 1.69. The smallest absolute Gasteiger partial charge is 0.270 e. The Bertz CT molecular complexity index is 1290. The van der Waals surface area contributed by atoms with Gasteiger partial charge in [-0.15, -0.1) is 0 Å². The minimum atomic E-state index is -0.817. The number of anilines is 1. The third kappa shape index (κ3) is 4.68. The Morgan fingerprint density at radius 1 is 1.28 bits per heavy atom. The summed E-state index contributed by atoms with van der Waals surface area (Å²) in [4.78, 5) is 23.2. The summed E-state index contributed by atoms with van der Waals surface area (Å²) in [5.41, 5.74) is 2.04. The van der Waals surface area contributed by atoms with Crippen molar-refractivity contribution in [2.75, 3.05) is 5.32 Å². The first-order valence-electron chi connectivity index (χ1n) is 10.0. The SMILES string of the molecule is CC(C)(O)CCn1cc2cc(NC(=O)c3cccc([N+](=O)[O-])c3)cc(-c3ccoc3)c2n1. The third-order valence-electron chi connectivity index (χ3n) is 5.02. The van der Waals surface area contributed by atoms with Crippen molar-refractivity contribution >= 4 is 28.2 Å². The molecule has 0 radical (unpaired) electrons. The number of hydrogen-bond donors (Lipinski definition) is 2. The summed E-state index contributed by atoms with van der Waals surface area (Å²) in [7, 11) is 0. The van der Waals surface area contributed by atoms with E-state index in [1.807, 2.05) is 6.20 Å². The first-order valence-corrected chi connectivity index (χ1v) is 10.0. The lowest BCUT2D eigenvalue weighted by atomic mass is 10.0. The molecule has 9 nitrogen and oxygen atoms in total. The normalized spacial score (nSPS) is 11.6. The fourth-order valence-electron chi connectivity index (χ4n) is 3.36. The van der Waals surface area contributed by atoms with Gasteiger partial charge in [-0.25, -0.2) is 0 Å². The highest BCUT2D eigenvalue weighted by molar-refractivity contribution is 6.07. The van der Waals surface area contributed by atoms with E-state index in [4.69, 9.17) is 4.42 Å². The number of nitrogens with zero attached hydrogens (tertiary/aromatic N) is 3. The van der Waals surface area contributed by atoms with Gasteiger partial charge in [0.15, 0.2) is 0 Å². The molecule has 4 rings (SSSR count). The standard InChI is InChI=1S/C23H22N4O5/c1-23(2,29)7-8-26-13-17-10-18(12-20(21(17)25-26)16-6-9-32-14-16)24-22(28)15-4-3-5-19(11-15)27(30)31/h3-6,9-14,29H,7-8H2,1-2H3,(H,24,28). The fraction of sp³-hybridized carbons (Fsp3) is 0.217. The number of aryl methyl sites for hydroxylation is 1. The van der Waals surface area contributed by atoms with Gasteiger partial charge >= 0.3 is 0 Å². The number of aliphatic hydroxyl groups is 1. The molecule has 0 saturated carbocycles. The van der Waals surface area contributed by atoms with E-state index in [2.05, 4.69) is 10.4 Å². The van der Waals surface area contributed by atoms with Crippen LogP contribution in [0, 0.1) is 10.1 Å². The monoisotopic (exact) mass is 434 g/mol. The second kappa shape index (κ2) is 8.27. The second-order valence-electron chi connectivity index (χ2n) is 8.19. The zero-order valence-electron chi connectivity index (χ0n) is 17.6. The molecule has 0 aliphatic rings. The molecule has 0 saturated heterocycles. The highest BCUT2D eigenvalue weighted by Crippen LogP contribution is 2.32. The van der Waals surface area contributed by atoms with Crippen LogP contribution >= 0.6 is 0 Å². The molecule has 0 aliphatic carbocycles. The molecule has 2 heterocycles. The number of carbonyl (C=O) groups excluding carboxylic acids is 1. The molecule has 1 amide bonds. The summed E-state index contributed by atoms with van der Waals surface area (Å²) in [6.45, 7) is 4.02. The van der Waals surface area contributed by atoms with E-state index >= 15 is 0 Å². The lowest BCUT2D eigenvalue weighted by Gasteiger charge is -2.16. The molecule has 0 atom stereocenters. The lowest BCUT2D eigenvalue weighted by molar-refractivity contribution is -0.384. The number of fused-ring (bicyclic) bond motifs is 1. The van der Waals surface area contributed by atoms with E-state index in [1.54, 1.807) is 49.3 Å². The quantitative estimate of drug-likeness (QED) is 0.323. The molecular weight excluding hydrogens is 412 g/mol. The van der Waals surface area contributed by atoms with Gasteiger partial charge in [-0.3, -0.25) is 19.6 Å². The maximum atomic E-state index is 12.7. The van der Waals surface area contributed by atoms with Crippen molar-refractivity contribution in [3.8, 4) is 11.1 Å². The fourth-order valence-corrected chi connectivity index (χ4v) is 3.36. The molecule has 0 fully saturated rings. The van der Waals surface area contributed by atoms with Crippen LogP contribution in [0.25, 0.3) is 22.0 Å². The minimum absolute atomic E-state index is 0.153. The van der Waals surface area contributed by atoms with Crippen molar-refractivity contribution in [2.45, 2.75) is 32.4 Å². The van der Waals surface area contributed by atoms with Gasteiger partial charge in [0.2, 0.25) is 0 Å². The Hall–Kier alpha value is -3.98. The zero-order chi connectivity index (χ0) is 22.9. The van der Waals surface area contributed by atoms with Crippen molar-refractivity contribution in [1.29, 1.82) is 0 Å². The number of non-ortho nitro benzene ring substituents is 1. The predicted molar refractivity (Wildman–Crippen MR) is 119 cm³/mol. The number of nitro benzene ring substituents is 1. The molecule has 0 aliphatic heterocycles. The molecule has 2 aromatic heterocycles. The van der Waals surface area contributed by atoms with Crippen LogP contribution in [0.15, 0.2) is 65.6 Å². The van der Waals surface area contributed by atoms with Gasteiger partial charge in [0.25, 0.3) is 11.6 Å². The summed E-state index contributed by atoms with van der Waals surface area (Å²) >= 11 is 0. The number of nitrogens with one attached hydrogen (secondary N) is 1. The number of amides is 1. The van der Waals surface area contributed by atoms with E-state index < -0.39 is 16.4 Å². The zero-order valence-corrected chi connectivity index (χ0v) is 17.6. The molecule has 0 spiro atoms. The van der Waals surface area contributed by atoms with Crippen LogP contribution in [0.4, 0.5) is 11.4 Å². The third-order valence-corrected chi connectivity index (χ3v) is 5.02.